The van der Waals surface area contributed by atoms with Crippen LogP contribution in [0.2, 0.25) is 0 Å². The Bertz CT molecular complexity index is 599. The predicted octanol–water partition coefficient (Wildman–Crippen LogP) is 2.77. The minimum Gasteiger partial charge on any atom is -0.495 e. The van der Waals surface area contributed by atoms with Gasteiger partial charge in [0.25, 0.3) is 5.91 Å². The van der Waals surface area contributed by atoms with Crippen LogP contribution in [0, 0.1) is 0 Å². The van der Waals surface area contributed by atoms with Crippen molar-refractivity contribution in [2.45, 2.75) is 6.92 Å². The van der Waals surface area contributed by atoms with Gasteiger partial charge in [-0.25, -0.2) is 0 Å². The Morgan fingerprint density at radius 1 is 1.25 bits per heavy atom. The van der Waals surface area contributed by atoms with Gasteiger partial charge in [-0.3, -0.25) is 9.78 Å². The lowest BCUT2D eigenvalue weighted by Gasteiger charge is -2.12. The normalized spacial score (nSPS) is 9.90. The lowest BCUT2D eigenvalue weighted by atomic mass is 10.2. The zero-order valence-electron chi connectivity index (χ0n) is 11.5. The zero-order valence-corrected chi connectivity index (χ0v) is 11.5. The minimum absolute atomic E-state index is 0.224. The molecule has 5 nitrogen and oxygen atoms in total. The summed E-state index contributed by atoms with van der Waals surface area (Å²) in [7, 11) is 1.57. The Labute approximate surface area is 118 Å². The molecule has 2 N–H and O–H groups in total. The van der Waals surface area contributed by atoms with Gasteiger partial charge in [0, 0.05) is 18.9 Å². The highest BCUT2D eigenvalue weighted by atomic mass is 16.5. The monoisotopic (exact) mass is 271 g/mol. The Balaban J connectivity index is 2.24. The lowest BCUT2D eigenvalue weighted by Crippen LogP contribution is -2.15. The molecule has 104 valence electrons. The average molecular weight is 271 g/mol. The van der Waals surface area contributed by atoms with Gasteiger partial charge in [-0.1, -0.05) is 12.1 Å². The second-order valence-corrected chi connectivity index (χ2v) is 4.11. The van der Waals surface area contributed by atoms with E-state index >= 15 is 0 Å². The third kappa shape index (κ3) is 3.06. The summed E-state index contributed by atoms with van der Waals surface area (Å²) in [6.45, 7) is 2.71. The molecular formula is C15H17N3O2. The molecule has 1 amide bonds. The molecule has 0 atom stereocenters. The minimum atomic E-state index is -0.224. The van der Waals surface area contributed by atoms with Crippen molar-refractivity contribution in [1.29, 1.82) is 0 Å². The van der Waals surface area contributed by atoms with Crippen molar-refractivity contribution in [1.82, 2.24) is 4.98 Å². The number of benzene rings is 1. The quantitative estimate of drug-likeness (QED) is 0.877. The molecule has 0 fully saturated rings. The van der Waals surface area contributed by atoms with Crippen molar-refractivity contribution in [2.24, 2.45) is 0 Å². The lowest BCUT2D eigenvalue weighted by molar-refractivity contribution is 0.102. The number of methoxy groups -OCH3 is 1. The first-order valence-corrected chi connectivity index (χ1v) is 6.38. The number of anilines is 2. The van der Waals surface area contributed by atoms with Crippen LogP contribution in [-0.4, -0.2) is 24.5 Å². The van der Waals surface area contributed by atoms with Crippen molar-refractivity contribution in [3.05, 3.63) is 48.3 Å². The van der Waals surface area contributed by atoms with Crippen LogP contribution in [0.1, 0.15) is 17.3 Å². The number of rotatable bonds is 5. The van der Waals surface area contributed by atoms with Gasteiger partial charge in [0.1, 0.15) is 5.75 Å². The molecule has 0 saturated heterocycles. The molecule has 0 aliphatic heterocycles. The SMILES string of the molecule is CCNc1ccncc1C(=O)Nc1ccccc1OC. The van der Waals surface area contributed by atoms with Crippen LogP contribution in [-0.2, 0) is 0 Å². The number of para-hydroxylation sites is 2. The summed E-state index contributed by atoms with van der Waals surface area (Å²) in [5.74, 6) is 0.397. The van der Waals surface area contributed by atoms with Crippen molar-refractivity contribution in [2.75, 3.05) is 24.3 Å². The van der Waals surface area contributed by atoms with E-state index in [9.17, 15) is 4.79 Å². The van der Waals surface area contributed by atoms with Gasteiger partial charge in [0.15, 0.2) is 0 Å². The van der Waals surface area contributed by atoms with Crippen LogP contribution in [0.4, 0.5) is 11.4 Å². The van der Waals surface area contributed by atoms with E-state index in [-0.39, 0.29) is 5.91 Å². The number of nitrogens with one attached hydrogen (secondary N) is 2. The Morgan fingerprint density at radius 2 is 2.05 bits per heavy atom. The van der Waals surface area contributed by atoms with Crippen molar-refractivity contribution >= 4 is 17.3 Å². The van der Waals surface area contributed by atoms with Crippen LogP contribution >= 0.6 is 0 Å². The smallest absolute Gasteiger partial charge is 0.259 e. The number of hydrogen-bond donors (Lipinski definition) is 2. The number of nitrogens with zero attached hydrogens (tertiary/aromatic N) is 1. The highest BCUT2D eigenvalue weighted by Gasteiger charge is 2.13. The topological polar surface area (TPSA) is 63.2 Å². The maximum atomic E-state index is 12.3. The predicted molar refractivity (Wildman–Crippen MR) is 79.3 cm³/mol. The largest absolute Gasteiger partial charge is 0.495 e. The molecule has 0 aliphatic carbocycles. The van der Waals surface area contributed by atoms with Crippen LogP contribution < -0.4 is 15.4 Å². The Kier molecular flexibility index (Phi) is 4.55. The third-order valence-corrected chi connectivity index (χ3v) is 2.79. The van der Waals surface area contributed by atoms with E-state index in [1.165, 1.54) is 0 Å². The number of carbonyl (C=O) groups excluding carboxylic acids is 1. The molecule has 2 aromatic rings. The number of carbonyl (C=O) groups is 1. The first-order chi connectivity index (χ1) is 9.76. The van der Waals surface area contributed by atoms with Crippen LogP contribution in [0.5, 0.6) is 5.75 Å². The van der Waals surface area contributed by atoms with E-state index < -0.39 is 0 Å². The molecule has 1 aromatic carbocycles. The van der Waals surface area contributed by atoms with E-state index in [0.29, 0.717) is 17.0 Å². The van der Waals surface area contributed by atoms with Crippen molar-refractivity contribution in [3.63, 3.8) is 0 Å². The van der Waals surface area contributed by atoms with E-state index in [1.54, 1.807) is 37.7 Å². The molecule has 20 heavy (non-hydrogen) atoms. The Hall–Kier alpha value is -2.56. The van der Waals surface area contributed by atoms with Crippen LogP contribution in [0.25, 0.3) is 0 Å². The first-order valence-electron chi connectivity index (χ1n) is 6.38. The fraction of sp³-hybridized carbons (Fsp3) is 0.200. The molecule has 0 spiro atoms. The third-order valence-electron chi connectivity index (χ3n) is 2.79. The second-order valence-electron chi connectivity index (χ2n) is 4.11. The number of aromatic nitrogens is 1. The highest BCUT2D eigenvalue weighted by Crippen LogP contribution is 2.24. The molecule has 1 heterocycles. The molecule has 1 aromatic heterocycles. The highest BCUT2D eigenvalue weighted by molar-refractivity contribution is 6.08. The summed E-state index contributed by atoms with van der Waals surface area (Å²) >= 11 is 0. The fourth-order valence-electron chi connectivity index (χ4n) is 1.86. The van der Waals surface area contributed by atoms with Gasteiger partial charge in [0.2, 0.25) is 0 Å². The molecule has 0 saturated carbocycles. The molecule has 0 bridgehead atoms. The van der Waals surface area contributed by atoms with E-state index in [1.807, 2.05) is 19.1 Å². The Morgan fingerprint density at radius 3 is 2.80 bits per heavy atom. The van der Waals surface area contributed by atoms with E-state index in [4.69, 9.17) is 4.74 Å². The van der Waals surface area contributed by atoms with Crippen LogP contribution in [0.15, 0.2) is 42.7 Å². The molecule has 5 heteroatoms. The van der Waals surface area contributed by atoms with Gasteiger partial charge >= 0.3 is 0 Å². The van der Waals surface area contributed by atoms with Gasteiger partial charge in [0.05, 0.1) is 24.0 Å². The number of pyridine rings is 1. The standard InChI is InChI=1S/C15H17N3O2/c1-3-17-12-8-9-16-10-11(12)15(19)18-13-6-4-5-7-14(13)20-2/h4-10H,3H2,1-2H3,(H,16,17)(H,18,19). The van der Waals surface area contributed by atoms with E-state index in [0.717, 1.165) is 12.2 Å². The summed E-state index contributed by atoms with van der Waals surface area (Å²) in [4.78, 5) is 16.3. The summed E-state index contributed by atoms with van der Waals surface area (Å²) in [5.41, 5.74) is 1.89. The number of amides is 1. The number of hydrogen-bond acceptors (Lipinski definition) is 4. The summed E-state index contributed by atoms with van der Waals surface area (Å²) in [6.07, 6.45) is 3.20. The van der Waals surface area contributed by atoms with Gasteiger partial charge in [-0.2, -0.15) is 0 Å². The summed E-state index contributed by atoms with van der Waals surface area (Å²) in [6, 6.07) is 9.06. The summed E-state index contributed by atoms with van der Waals surface area (Å²) in [5, 5.41) is 5.97. The number of ether oxygens (including phenoxy) is 1. The average Bonchev–Trinajstić information content (AvgIpc) is 2.48. The molecule has 2 rings (SSSR count). The van der Waals surface area contributed by atoms with E-state index in [2.05, 4.69) is 15.6 Å². The molecule has 0 aliphatic rings. The molecule has 0 unspecified atom stereocenters. The first kappa shape index (κ1) is 13.9. The maximum absolute atomic E-state index is 12.3. The molecular weight excluding hydrogens is 254 g/mol. The van der Waals surface area contributed by atoms with Gasteiger partial charge in [-0.05, 0) is 25.1 Å². The van der Waals surface area contributed by atoms with Crippen molar-refractivity contribution < 1.29 is 9.53 Å². The second kappa shape index (κ2) is 6.56. The van der Waals surface area contributed by atoms with Gasteiger partial charge < -0.3 is 15.4 Å². The van der Waals surface area contributed by atoms with Gasteiger partial charge in [-0.15, -0.1) is 0 Å². The molecule has 0 radical (unpaired) electrons. The van der Waals surface area contributed by atoms with Crippen LogP contribution in [0.3, 0.4) is 0 Å². The van der Waals surface area contributed by atoms with Crippen molar-refractivity contribution in [3.8, 4) is 5.75 Å². The zero-order chi connectivity index (χ0) is 14.4. The fourth-order valence-corrected chi connectivity index (χ4v) is 1.86. The maximum Gasteiger partial charge on any atom is 0.259 e. The summed E-state index contributed by atoms with van der Waals surface area (Å²) < 4.78 is 5.21.